The molecular formula is C24H24N2O6. The minimum Gasteiger partial charge on any atom is -0.497 e. The summed E-state index contributed by atoms with van der Waals surface area (Å²) in [5.41, 5.74) is 0.836. The van der Waals surface area contributed by atoms with Crippen molar-refractivity contribution >= 4 is 22.7 Å². The molecule has 0 amide bonds. The minimum atomic E-state index is -0.532. The first-order chi connectivity index (χ1) is 15.5. The van der Waals surface area contributed by atoms with Gasteiger partial charge in [0.1, 0.15) is 17.3 Å². The van der Waals surface area contributed by atoms with Gasteiger partial charge in [-0.1, -0.05) is 12.1 Å². The van der Waals surface area contributed by atoms with Gasteiger partial charge in [-0.25, -0.2) is 4.98 Å². The second kappa shape index (κ2) is 9.21. The summed E-state index contributed by atoms with van der Waals surface area (Å²) in [7, 11) is 2.97. The Morgan fingerprint density at radius 3 is 2.59 bits per heavy atom. The molecule has 0 atom stereocenters. The first kappa shape index (κ1) is 21.5. The van der Waals surface area contributed by atoms with E-state index in [1.54, 1.807) is 34.9 Å². The molecule has 8 heteroatoms. The Hall–Kier alpha value is -3.68. The van der Waals surface area contributed by atoms with Crippen molar-refractivity contribution in [1.29, 1.82) is 0 Å². The maximum absolute atomic E-state index is 12.9. The molecule has 1 aliphatic rings. The number of methoxy groups -OCH3 is 2. The Morgan fingerprint density at radius 2 is 1.88 bits per heavy atom. The van der Waals surface area contributed by atoms with Crippen LogP contribution in [0.5, 0.6) is 11.5 Å². The predicted molar refractivity (Wildman–Crippen MR) is 117 cm³/mol. The number of Topliss-reactive ketones (excluding diaryl/α,β-unsaturated/α-hetero) is 1. The van der Waals surface area contributed by atoms with E-state index in [9.17, 15) is 14.4 Å². The van der Waals surface area contributed by atoms with Crippen molar-refractivity contribution in [1.82, 2.24) is 9.55 Å². The molecule has 0 radical (unpaired) electrons. The number of esters is 1. The van der Waals surface area contributed by atoms with Gasteiger partial charge in [-0.05, 0) is 37.1 Å². The van der Waals surface area contributed by atoms with Crippen LogP contribution in [0, 0.1) is 0 Å². The zero-order valence-corrected chi connectivity index (χ0v) is 18.0. The van der Waals surface area contributed by atoms with E-state index in [0.717, 1.165) is 12.8 Å². The zero-order chi connectivity index (χ0) is 22.7. The standard InChI is InChI=1S/C24H24N2O6/c1-30-16-9-10-18(21(13-16)31-2)20(27)14-32-23(28)12-11-22-25-19-6-4-3-5-17(19)24(29)26(22)15-7-8-15/h3-6,9-10,13,15H,7-8,11-12,14H2,1-2H3. The van der Waals surface area contributed by atoms with Crippen LogP contribution in [0.4, 0.5) is 0 Å². The number of carbonyl (C=O) groups excluding carboxylic acids is 2. The van der Waals surface area contributed by atoms with E-state index in [2.05, 4.69) is 4.98 Å². The van der Waals surface area contributed by atoms with E-state index in [1.165, 1.54) is 14.2 Å². The smallest absolute Gasteiger partial charge is 0.306 e. The van der Waals surface area contributed by atoms with Crippen LogP contribution in [0.3, 0.4) is 0 Å². The summed E-state index contributed by atoms with van der Waals surface area (Å²) in [6, 6.07) is 12.1. The molecule has 0 bridgehead atoms. The van der Waals surface area contributed by atoms with Gasteiger partial charge >= 0.3 is 5.97 Å². The molecule has 1 heterocycles. The normalized spacial score (nSPS) is 13.1. The van der Waals surface area contributed by atoms with Gasteiger partial charge in [0.2, 0.25) is 5.78 Å². The Bertz CT molecular complexity index is 1230. The van der Waals surface area contributed by atoms with Gasteiger partial charge < -0.3 is 14.2 Å². The van der Waals surface area contributed by atoms with Crippen molar-refractivity contribution in [3.05, 3.63) is 64.2 Å². The summed E-state index contributed by atoms with van der Waals surface area (Å²) in [6.45, 7) is -0.401. The molecule has 0 N–H and O–H groups in total. The minimum absolute atomic E-state index is 0.0184. The van der Waals surface area contributed by atoms with E-state index in [4.69, 9.17) is 14.2 Å². The second-order valence-electron chi connectivity index (χ2n) is 7.60. The third-order valence-corrected chi connectivity index (χ3v) is 5.42. The van der Waals surface area contributed by atoms with Crippen LogP contribution in [-0.4, -0.2) is 42.1 Å². The van der Waals surface area contributed by atoms with Gasteiger partial charge in [0.15, 0.2) is 6.61 Å². The van der Waals surface area contributed by atoms with E-state index in [1.807, 2.05) is 12.1 Å². The van der Waals surface area contributed by atoms with Gasteiger partial charge in [-0.15, -0.1) is 0 Å². The molecule has 1 saturated carbocycles. The molecule has 0 unspecified atom stereocenters. The highest BCUT2D eigenvalue weighted by Gasteiger charge is 2.28. The Labute approximate surface area is 184 Å². The number of ether oxygens (including phenoxy) is 3. The van der Waals surface area contributed by atoms with Crippen molar-refractivity contribution in [3.8, 4) is 11.5 Å². The fourth-order valence-electron chi connectivity index (χ4n) is 3.62. The van der Waals surface area contributed by atoms with Crippen molar-refractivity contribution in [2.75, 3.05) is 20.8 Å². The number of aryl methyl sites for hydroxylation is 1. The predicted octanol–water partition coefficient (Wildman–Crippen LogP) is 3.11. The number of benzene rings is 2. The molecule has 0 saturated heterocycles. The lowest BCUT2D eigenvalue weighted by Crippen LogP contribution is -2.25. The fraction of sp³-hybridized carbons (Fsp3) is 0.333. The molecule has 1 aromatic heterocycles. The highest BCUT2D eigenvalue weighted by atomic mass is 16.5. The molecule has 32 heavy (non-hydrogen) atoms. The van der Waals surface area contributed by atoms with Gasteiger partial charge in [0, 0.05) is 18.5 Å². The third kappa shape index (κ3) is 4.49. The van der Waals surface area contributed by atoms with Crippen LogP contribution >= 0.6 is 0 Å². The Kier molecular flexibility index (Phi) is 6.20. The first-order valence-corrected chi connectivity index (χ1v) is 10.4. The van der Waals surface area contributed by atoms with E-state index in [-0.39, 0.29) is 30.2 Å². The average molecular weight is 436 g/mol. The highest BCUT2D eigenvalue weighted by Crippen LogP contribution is 2.35. The highest BCUT2D eigenvalue weighted by molar-refractivity contribution is 6.00. The van der Waals surface area contributed by atoms with Crippen molar-refractivity contribution in [2.45, 2.75) is 31.7 Å². The van der Waals surface area contributed by atoms with Crippen molar-refractivity contribution in [3.63, 3.8) is 0 Å². The van der Waals surface area contributed by atoms with Crippen LogP contribution < -0.4 is 15.0 Å². The number of hydrogen-bond donors (Lipinski definition) is 0. The first-order valence-electron chi connectivity index (χ1n) is 10.4. The number of para-hydroxylation sites is 1. The topological polar surface area (TPSA) is 96.7 Å². The van der Waals surface area contributed by atoms with E-state index < -0.39 is 12.6 Å². The summed E-state index contributed by atoms with van der Waals surface area (Å²) in [4.78, 5) is 42.3. The number of ketones is 1. The average Bonchev–Trinajstić information content (AvgIpc) is 3.65. The molecular weight excluding hydrogens is 412 g/mol. The molecule has 2 aromatic carbocycles. The molecule has 166 valence electrons. The number of carbonyl (C=O) groups is 2. The summed E-state index contributed by atoms with van der Waals surface area (Å²) in [5.74, 6) is 0.558. The molecule has 1 aliphatic carbocycles. The molecule has 0 spiro atoms. The SMILES string of the molecule is COc1ccc(C(=O)COC(=O)CCc2nc3ccccc3c(=O)n2C2CC2)c(OC)c1. The maximum atomic E-state index is 12.9. The fourth-order valence-corrected chi connectivity index (χ4v) is 3.62. The monoisotopic (exact) mass is 436 g/mol. The van der Waals surface area contributed by atoms with Gasteiger partial charge in [-0.2, -0.15) is 0 Å². The van der Waals surface area contributed by atoms with Crippen molar-refractivity contribution in [2.24, 2.45) is 0 Å². The summed E-state index contributed by atoms with van der Waals surface area (Å²) in [6.07, 6.45) is 2.13. The van der Waals surface area contributed by atoms with Gasteiger partial charge in [0.25, 0.3) is 5.56 Å². The molecule has 0 aliphatic heterocycles. The van der Waals surface area contributed by atoms with E-state index in [0.29, 0.717) is 33.8 Å². The maximum Gasteiger partial charge on any atom is 0.306 e. The number of aromatic nitrogens is 2. The lowest BCUT2D eigenvalue weighted by molar-refractivity contribution is -0.142. The summed E-state index contributed by atoms with van der Waals surface area (Å²) < 4.78 is 17.2. The molecule has 3 aromatic rings. The number of fused-ring (bicyclic) bond motifs is 1. The summed E-state index contributed by atoms with van der Waals surface area (Å²) >= 11 is 0. The van der Waals surface area contributed by atoms with Crippen LogP contribution in [0.2, 0.25) is 0 Å². The quantitative estimate of drug-likeness (QED) is 0.376. The Balaban J connectivity index is 1.42. The van der Waals surface area contributed by atoms with Gasteiger partial charge in [-0.3, -0.25) is 19.0 Å². The molecule has 4 rings (SSSR count). The van der Waals surface area contributed by atoms with Crippen LogP contribution in [0.1, 0.15) is 41.5 Å². The van der Waals surface area contributed by atoms with Crippen molar-refractivity contribution < 1.29 is 23.8 Å². The third-order valence-electron chi connectivity index (χ3n) is 5.42. The molecule has 1 fully saturated rings. The lowest BCUT2D eigenvalue weighted by atomic mass is 10.1. The second-order valence-corrected chi connectivity index (χ2v) is 7.60. The largest absolute Gasteiger partial charge is 0.497 e. The zero-order valence-electron chi connectivity index (χ0n) is 18.0. The summed E-state index contributed by atoms with van der Waals surface area (Å²) in [5, 5.41) is 0.574. The van der Waals surface area contributed by atoms with Gasteiger partial charge in [0.05, 0.1) is 37.1 Å². The Morgan fingerprint density at radius 1 is 1.09 bits per heavy atom. The van der Waals surface area contributed by atoms with Crippen LogP contribution in [0.15, 0.2) is 47.3 Å². The van der Waals surface area contributed by atoms with Crippen LogP contribution in [-0.2, 0) is 16.0 Å². The number of hydrogen-bond acceptors (Lipinski definition) is 7. The lowest BCUT2D eigenvalue weighted by Gasteiger charge is -2.13. The number of rotatable bonds is 9. The molecule has 8 nitrogen and oxygen atoms in total. The number of nitrogens with zero attached hydrogens (tertiary/aromatic N) is 2. The van der Waals surface area contributed by atoms with Crippen LogP contribution in [0.25, 0.3) is 10.9 Å². The van der Waals surface area contributed by atoms with E-state index >= 15 is 0 Å².